The summed E-state index contributed by atoms with van der Waals surface area (Å²) >= 11 is 0. The van der Waals surface area contributed by atoms with Crippen LogP contribution in [0.4, 0.5) is 0 Å². The van der Waals surface area contributed by atoms with Crippen LogP contribution in [0, 0.1) is 0 Å². The van der Waals surface area contributed by atoms with Crippen LogP contribution >= 0.6 is 0 Å². The SMILES string of the molecule is COC(CC/C=C\CCCCC(=O)CCCCCC(=O)CCCC/C=C\CCCCCO[C@H]1O[C@@H](C(=O)O)[C@H](O)[C@@H](O)[C@@H]1O)C(=O)NCCc1ccc(O)cc1. The molecule has 0 aromatic heterocycles. The molecule has 13 heteroatoms. The zero-order valence-corrected chi connectivity index (χ0v) is 33.2. The summed E-state index contributed by atoms with van der Waals surface area (Å²) in [5.74, 6) is -0.773. The zero-order chi connectivity index (χ0) is 41.0. The number of ketones is 2. The number of phenols is 1. The molecule has 1 aromatic carbocycles. The van der Waals surface area contributed by atoms with Crippen LogP contribution in [0.2, 0.25) is 0 Å². The van der Waals surface area contributed by atoms with Crippen molar-refractivity contribution >= 4 is 23.4 Å². The summed E-state index contributed by atoms with van der Waals surface area (Å²) in [6.45, 7) is 0.726. The van der Waals surface area contributed by atoms with Crippen molar-refractivity contribution < 1.29 is 58.9 Å². The highest BCUT2D eigenvalue weighted by atomic mass is 16.7. The third-order valence-electron chi connectivity index (χ3n) is 9.83. The number of amides is 1. The molecule has 56 heavy (non-hydrogen) atoms. The van der Waals surface area contributed by atoms with E-state index in [1.54, 1.807) is 19.2 Å². The summed E-state index contributed by atoms with van der Waals surface area (Å²) in [5.41, 5.74) is 1.04. The standard InChI is InChI=1S/C43H67NO12/c1-54-36(41(51)44-30-29-32-25-27-35(47)28-26-32)24-18-11-7-6-10-15-21-34(46)23-17-13-16-22-33(45)20-14-9-5-3-2-4-8-12-19-31-55-43-39(50)37(48)38(49)40(56-43)42(52)53/h2-3,7,11,25-28,36-40,43,47-50H,4-6,8-10,12-24,29-31H2,1H3,(H,44,51)(H,52,53)/b3-2-,11-7-/t36?,37-,38-,39+,40-,43+/m1/s1. The van der Waals surface area contributed by atoms with Gasteiger partial charge in [0.2, 0.25) is 5.91 Å². The number of benzene rings is 1. The lowest BCUT2D eigenvalue weighted by Gasteiger charge is -2.38. The van der Waals surface area contributed by atoms with Crippen molar-refractivity contribution in [3.05, 3.63) is 54.1 Å². The van der Waals surface area contributed by atoms with E-state index in [2.05, 4.69) is 29.6 Å². The lowest BCUT2D eigenvalue weighted by atomic mass is 9.99. The van der Waals surface area contributed by atoms with Gasteiger partial charge in [-0.1, -0.05) is 49.3 Å². The highest BCUT2D eigenvalue weighted by molar-refractivity contribution is 5.80. The van der Waals surface area contributed by atoms with Crippen LogP contribution in [0.5, 0.6) is 5.75 Å². The largest absolute Gasteiger partial charge is 0.508 e. The fourth-order valence-electron chi connectivity index (χ4n) is 6.35. The maximum atomic E-state index is 12.4. The quantitative estimate of drug-likeness (QED) is 0.0387. The summed E-state index contributed by atoms with van der Waals surface area (Å²) in [6.07, 6.45) is 15.7. The Morgan fingerprint density at radius 2 is 1.23 bits per heavy atom. The topological polar surface area (TPSA) is 209 Å². The molecule has 6 N–H and O–H groups in total. The first-order valence-electron chi connectivity index (χ1n) is 20.5. The number of carbonyl (C=O) groups is 4. The van der Waals surface area contributed by atoms with Crippen molar-refractivity contribution in [1.82, 2.24) is 5.32 Å². The first kappa shape index (κ1) is 48.7. The maximum Gasteiger partial charge on any atom is 0.335 e. The van der Waals surface area contributed by atoms with Crippen LogP contribution in [-0.4, -0.2) is 106 Å². The van der Waals surface area contributed by atoms with Gasteiger partial charge in [-0.15, -0.1) is 0 Å². The lowest BCUT2D eigenvalue weighted by Crippen LogP contribution is -2.60. The van der Waals surface area contributed by atoms with Crippen LogP contribution in [0.25, 0.3) is 0 Å². The molecule has 1 heterocycles. The van der Waals surface area contributed by atoms with Crippen molar-refractivity contribution in [2.45, 2.75) is 165 Å². The molecule has 1 aromatic rings. The smallest absolute Gasteiger partial charge is 0.335 e. The molecule has 0 spiro atoms. The molecule has 6 atom stereocenters. The van der Waals surface area contributed by atoms with Crippen molar-refractivity contribution in [3.63, 3.8) is 0 Å². The molecule has 1 amide bonds. The minimum absolute atomic E-state index is 0.127. The van der Waals surface area contributed by atoms with E-state index in [1.165, 1.54) is 0 Å². The van der Waals surface area contributed by atoms with E-state index in [-0.39, 0.29) is 29.8 Å². The predicted molar refractivity (Wildman–Crippen MR) is 212 cm³/mol. The molecule has 1 saturated heterocycles. The van der Waals surface area contributed by atoms with E-state index in [4.69, 9.17) is 19.3 Å². The molecule has 1 aliphatic heterocycles. The molecule has 13 nitrogen and oxygen atoms in total. The van der Waals surface area contributed by atoms with Gasteiger partial charge in [-0.3, -0.25) is 14.4 Å². The number of aliphatic carboxylic acids is 1. The molecule has 316 valence electrons. The number of hydrogen-bond acceptors (Lipinski definition) is 11. The van der Waals surface area contributed by atoms with E-state index in [0.717, 1.165) is 89.0 Å². The third kappa shape index (κ3) is 21.2. The van der Waals surface area contributed by atoms with Crippen molar-refractivity contribution in [3.8, 4) is 5.75 Å². The van der Waals surface area contributed by atoms with E-state index in [0.29, 0.717) is 51.5 Å². The molecule has 0 saturated carbocycles. The normalized spacial score (nSPS) is 20.4. The number of aromatic hydroxyl groups is 1. The number of methoxy groups -OCH3 is 1. The number of carboxylic acids is 1. The van der Waals surface area contributed by atoms with Gasteiger partial charge >= 0.3 is 5.97 Å². The summed E-state index contributed by atoms with van der Waals surface area (Å²) in [4.78, 5) is 48.1. The Balaban J connectivity index is 1.35. The van der Waals surface area contributed by atoms with Gasteiger partial charge < -0.3 is 45.1 Å². The number of aliphatic hydroxyl groups is 3. The number of carboxylic acid groups (broad SMARTS) is 1. The highest BCUT2D eigenvalue weighted by Gasteiger charge is 2.47. The fourth-order valence-corrected chi connectivity index (χ4v) is 6.35. The summed E-state index contributed by atoms with van der Waals surface area (Å²) in [6, 6.07) is 6.93. The molecule has 0 aliphatic carbocycles. The first-order chi connectivity index (χ1) is 27.0. The monoisotopic (exact) mass is 789 g/mol. The Bertz CT molecular complexity index is 1320. The minimum Gasteiger partial charge on any atom is -0.508 e. The number of rotatable bonds is 32. The van der Waals surface area contributed by atoms with Gasteiger partial charge in [0, 0.05) is 45.9 Å². The molecular weight excluding hydrogens is 722 g/mol. The number of ether oxygens (including phenoxy) is 3. The summed E-state index contributed by atoms with van der Waals surface area (Å²) in [7, 11) is 1.54. The van der Waals surface area contributed by atoms with Crippen molar-refractivity contribution in [1.29, 1.82) is 0 Å². The second-order valence-corrected chi connectivity index (χ2v) is 14.5. The van der Waals surface area contributed by atoms with E-state index in [9.17, 15) is 39.6 Å². The van der Waals surface area contributed by atoms with Crippen LogP contribution in [-0.2, 0) is 39.8 Å². The number of unbranched alkanes of at least 4 members (excludes halogenated alkanes) is 9. The molecule has 1 fully saturated rings. The number of aliphatic hydroxyl groups excluding tert-OH is 3. The van der Waals surface area contributed by atoms with Crippen LogP contribution in [0.1, 0.15) is 128 Å². The number of nitrogens with one attached hydrogen (secondary N) is 1. The third-order valence-corrected chi connectivity index (χ3v) is 9.83. The van der Waals surface area contributed by atoms with Crippen LogP contribution in [0.15, 0.2) is 48.6 Å². The lowest BCUT2D eigenvalue weighted by molar-refractivity contribution is -0.294. The van der Waals surface area contributed by atoms with Gasteiger partial charge in [-0.25, -0.2) is 4.79 Å². The molecule has 1 unspecified atom stereocenters. The Labute approximate surface area is 332 Å². The Morgan fingerprint density at radius 1 is 0.714 bits per heavy atom. The second kappa shape index (κ2) is 29.7. The van der Waals surface area contributed by atoms with Crippen molar-refractivity contribution in [2.24, 2.45) is 0 Å². The molecule has 2 rings (SSSR count). The Morgan fingerprint density at radius 3 is 1.79 bits per heavy atom. The number of allylic oxidation sites excluding steroid dienone is 4. The summed E-state index contributed by atoms with van der Waals surface area (Å²) < 4.78 is 15.9. The van der Waals surface area contributed by atoms with Crippen LogP contribution in [0.3, 0.4) is 0 Å². The summed E-state index contributed by atoms with van der Waals surface area (Å²) in [5, 5.41) is 50.9. The van der Waals surface area contributed by atoms with Gasteiger partial charge in [0.15, 0.2) is 12.4 Å². The van der Waals surface area contributed by atoms with Gasteiger partial charge in [-0.05, 0) is 108 Å². The number of Topliss-reactive ketones (excluding diaryl/α,β-unsaturated/α-hetero) is 2. The Kier molecular flexibility index (Phi) is 25.9. The average molecular weight is 790 g/mol. The van der Waals surface area contributed by atoms with Gasteiger partial charge in [0.05, 0.1) is 0 Å². The maximum absolute atomic E-state index is 12.4. The average Bonchev–Trinajstić information content (AvgIpc) is 3.18. The Hall–Kier alpha value is -3.46. The number of hydrogen-bond donors (Lipinski definition) is 6. The molecular formula is C43H67NO12. The second-order valence-electron chi connectivity index (χ2n) is 14.5. The van der Waals surface area contributed by atoms with Gasteiger partial charge in [0.1, 0.15) is 41.7 Å². The minimum atomic E-state index is -1.73. The van der Waals surface area contributed by atoms with Gasteiger partial charge in [0.25, 0.3) is 0 Å². The number of phenolic OH excluding ortho intramolecular Hbond substituents is 1. The highest BCUT2D eigenvalue weighted by Crippen LogP contribution is 2.23. The van der Waals surface area contributed by atoms with E-state index >= 15 is 0 Å². The van der Waals surface area contributed by atoms with E-state index < -0.39 is 42.8 Å². The molecule has 1 aliphatic rings. The number of carbonyl (C=O) groups excluding carboxylic acids is 3. The van der Waals surface area contributed by atoms with Gasteiger partial charge in [-0.2, -0.15) is 0 Å². The van der Waals surface area contributed by atoms with E-state index in [1.807, 2.05) is 12.1 Å². The molecule has 0 bridgehead atoms. The van der Waals surface area contributed by atoms with Crippen LogP contribution < -0.4 is 5.32 Å². The fraction of sp³-hybridized carbons (Fsp3) is 0.674. The molecule has 0 radical (unpaired) electrons. The predicted octanol–water partition coefficient (Wildman–Crippen LogP) is 5.64. The first-order valence-corrected chi connectivity index (χ1v) is 20.5. The van der Waals surface area contributed by atoms with Crippen molar-refractivity contribution in [2.75, 3.05) is 20.3 Å². The zero-order valence-electron chi connectivity index (χ0n) is 33.2.